The van der Waals surface area contributed by atoms with Gasteiger partial charge in [0.25, 0.3) is 0 Å². The topological polar surface area (TPSA) is 120 Å². The first-order chi connectivity index (χ1) is 29.1. The van der Waals surface area contributed by atoms with E-state index in [4.69, 9.17) is 37.9 Å². The second-order valence-corrected chi connectivity index (χ2v) is 13.8. The van der Waals surface area contributed by atoms with Crippen LogP contribution in [0.5, 0.6) is 0 Å². The van der Waals surface area contributed by atoms with Crippen LogP contribution in [-0.4, -0.2) is 68.6 Å². The normalized spacial score (nSPS) is 19.3. The van der Waals surface area contributed by atoms with Gasteiger partial charge in [0.05, 0.1) is 39.6 Å². The van der Waals surface area contributed by atoms with Gasteiger partial charge in [0.2, 0.25) is 0 Å². The Kier molecular flexibility index (Phi) is 17.2. The van der Waals surface area contributed by atoms with Gasteiger partial charge in [0.15, 0.2) is 12.3 Å². The fourth-order valence-corrected chi connectivity index (χ4v) is 6.39. The second-order valence-electron chi connectivity index (χ2n) is 13.8. The van der Waals surface area contributed by atoms with Crippen LogP contribution in [0, 0.1) is 0 Å². The van der Waals surface area contributed by atoms with Crippen LogP contribution in [0.4, 0.5) is 4.79 Å². The molecule has 1 amide bonds. The Bertz CT molecular complexity index is 1950. The molecule has 1 saturated heterocycles. The molecule has 1 heterocycles. The minimum absolute atomic E-state index is 0.00143. The molecule has 11 heteroatoms. The Labute approximate surface area is 345 Å². The lowest BCUT2D eigenvalue weighted by Crippen LogP contribution is -2.62. The molecule has 0 unspecified atom stereocenters. The van der Waals surface area contributed by atoms with Crippen molar-refractivity contribution in [3.63, 3.8) is 0 Å². The quantitative estimate of drug-likeness (QED) is 0.0551. The van der Waals surface area contributed by atoms with Crippen molar-refractivity contribution in [1.82, 2.24) is 5.32 Å². The number of esters is 1. The monoisotopic (exact) mass is 801 g/mol. The molecule has 0 radical (unpaired) electrons. The van der Waals surface area contributed by atoms with Crippen LogP contribution >= 0.6 is 0 Å². The van der Waals surface area contributed by atoms with Crippen molar-refractivity contribution in [2.75, 3.05) is 19.8 Å². The first-order valence-corrected chi connectivity index (χ1v) is 19.7. The van der Waals surface area contributed by atoms with Gasteiger partial charge in [0.1, 0.15) is 37.6 Å². The third kappa shape index (κ3) is 14.0. The highest BCUT2D eigenvalue weighted by molar-refractivity contribution is 5.81. The number of hydrogen-bond donors (Lipinski definition) is 1. The van der Waals surface area contributed by atoms with Crippen LogP contribution in [-0.2, 0) is 75.7 Å². The summed E-state index contributed by atoms with van der Waals surface area (Å²) < 4.78 is 50.5. The molecule has 6 atom stereocenters. The van der Waals surface area contributed by atoms with E-state index in [2.05, 4.69) is 11.9 Å². The van der Waals surface area contributed by atoms with Crippen molar-refractivity contribution in [2.45, 2.75) is 69.8 Å². The van der Waals surface area contributed by atoms with Crippen LogP contribution in [0.1, 0.15) is 27.8 Å². The lowest BCUT2D eigenvalue weighted by atomic mass is 9.97. The van der Waals surface area contributed by atoms with Gasteiger partial charge in [-0.2, -0.15) is 0 Å². The van der Waals surface area contributed by atoms with Gasteiger partial charge in [0, 0.05) is 0 Å². The zero-order valence-electron chi connectivity index (χ0n) is 32.9. The summed E-state index contributed by atoms with van der Waals surface area (Å²) in [5, 5.41) is 2.60. The summed E-state index contributed by atoms with van der Waals surface area (Å²) in [7, 11) is 0. The second kappa shape index (κ2) is 23.7. The molecule has 308 valence electrons. The van der Waals surface area contributed by atoms with Crippen molar-refractivity contribution in [3.05, 3.63) is 192 Å². The molecular formula is C48H51NO10. The summed E-state index contributed by atoms with van der Waals surface area (Å²) in [6.07, 6.45) is -3.59. The Morgan fingerprint density at radius 3 is 1.49 bits per heavy atom. The minimum Gasteiger partial charge on any atom is -0.460 e. The summed E-state index contributed by atoms with van der Waals surface area (Å²) in [4.78, 5) is 26.4. The van der Waals surface area contributed by atoms with Crippen molar-refractivity contribution in [3.8, 4) is 0 Å². The summed E-state index contributed by atoms with van der Waals surface area (Å²) in [6.45, 7) is 4.33. The van der Waals surface area contributed by atoms with Crippen LogP contribution in [0.2, 0.25) is 0 Å². The molecule has 6 rings (SSSR count). The molecule has 1 N–H and O–H groups in total. The van der Waals surface area contributed by atoms with Gasteiger partial charge in [-0.05, 0) is 27.8 Å². The van der Waals surface area contributed by atoms with Crippen molar-refractivity contribution in [1.29, 1.82) is 0 Å². The average Bonchev–Trinajstić information content (AvgIpc) is 3.29. The SMILES string of the molecule is C=CCOC(=O)[C@H](CO[C@H]1O[C@H](COCc2ccccc2)[C@H](OCc2ccccc2)[C@H](OCc2ccccc2)[C@H]1OCc1ccccc1)NC(=O)OCc1ccccc1. The largest absolute Gasteiger partial charge is 0.460 e. The predicted octanol–water partition coefficient (Wildman–Crippen LogP) is 7.73. The van der Waals surface area contributed by atoms with E-state index in [9.17, 15) is 9.59 Å². The average molecular weight is 802 g/mol. The van der Waals surface area contributed by atoms with Gasteiger partial charge in [-0.25, -0.2) is 9.59 Å². The number of nitrogens with one attached hydrogen (secondary N) is 1. The predicted molar refractivity (Wildman–Crippen MR) is 220 cm³/mol. The summed E-state index contributed by atoms with van der Waals surface area (Å²) in [5.74, 6) is -0.747. The molecule has 1 aliphatic rings. The summed E-state index contributed by atoms with van der Waals surface area (Å²) in [6, 6.07) is 47.1. The molecule has 5 aromatic rings. The first-order valence-electron chi connectivity index (χ1n) is 19.7. The number of alkyl carbamates (subject to hydrolysis) is 1. The van der Waals surface area contributed by atoms with E-state index in [0.717, 1.165) is 27.8 Å². The molecule has 0 bridgehead atoms. The van der Waals surface area contributed by atoms with Crippen molar-refractivity contribution >= 4 is 12.1 Å². The smallest absolute Gasteiger partial charge is 0.408 e. The number of benzene rings is 5. The maximum absolute atomic E-state index is 13.4. The lowest BCUT2D eigenvalue weighted by molar-refractivity contribution is -0.329. The zero-order valence-corrected chi connectivity index (χ0v) is 32.9. The molecule has 11 nitrogen and oxygen atoms in total. The van der Waals surface area contributed by atoms with E-state index in [1.165, 1.54) is 6.08 Å². The van der Waals surface area contributed by atoms with E-state index in [1.54, 1.807) is 0 Å². The highest BCUT2D eigenvalue weighted by atomic mass is 16.7. The van der Waals surface area contributed by atoms with Gasteiger partial charge in [-0.15, -0.1) is 0 Å². The molecule has 1 aliphatic heterocycles. The fourth-order valence-electron chi connectivity index (χ4n) is 6.39. The van der Waals surface area contributed by atoms with Crippen LogP contribution in [0.3, 0.4) is 0 Å². The Balaban J connectivity index is 1.28. The zero-order chi connectivity index (χ0) is 40.9. The number of carbonyl (C=O) groups excluding carboxylic acids is 2. The van der Waals surface area contributed by atoms with E-state index >= 15 is 0 Å². The third-order valence-electron chi connectivity index (χ3n) is 9.40. The van der Waals surface area contributed by atoms with Gasteiger partial charge in [-0.1, -0.05) is 164 Å². The van der Waals surface area contributed by atoms with E-state index in [-0.39, 0.29) is 46.2 Å². The minimum atomic E-state index is -1.28. The number of rotatable bonds is 22. The molecule has 1 fully saturated rings. The van der Waals surface area contributed by atoms with E-state index in [1.807, 2.05) is 152 Å². The van der Waals surface area contributed by atoms with E-state index < -0.39 is 48.8 Å². The van der Waals surface area contributed by atoms with Crippen molar-refractivity contribution in [2.24, 2.45) is 0 Å². The van der Waals surface area contributed by atoms with Crippen LogP contribution in [0.25, 0.3) is 0 Å². The molecular weight excluding hydrogens is 751 g/mol. The van der Waals surface area contributed by atoms with Gasteiger partial charge < -0.3 is 43.2 Å². The van der Waals surface area contributed by atoms with Crippen molar-refractivity contribution < 1.29 is 47.5 Å². The fraction of sp³-hybridized carbons (Fsp3) is 0.292. The number of carbonyl (C=O) groups is 2. The highest BCUT2D eigenvalue weighted by Gasteiger charge is 2.49. The highest BCUT2D eigenvalue weighted by Crippen LogP contribution is 2.32. The summed E-state index contributed by atoms with van der Waals surface area (Å²) >= 11 is 0. The Morgan fingerprint density at radius 1 is 0.559 bits per heavy atom. The number of amides is 1. The summed E-state index contributed by atoms with van der Waals surface area (Å²) in [5.41, 5.74) is 4.59. The number of hydrogen-bond acceptors (Lipinski definition) is 10. The Hall–Kier alpha value is -5.66. The first kappa shape index (κ1) is 42.9. The van der Waals surface area contributed by atoms with Gasteiger partial charge in [-0.3, -0.25) is 0 Å². The molecule has 0 spiro atoms. The third-order valence-corrected chi connectivity index (χ3v) is 9.40. The lowest BCUT2D eigenvalue weighted by Gasteiger charge is -2.46. The van der Waals surface area contributed by atoms with E-state index in [0.29, 0.717) is 6.61 Å². The molecule has 0 saturated carbocycles. The molecule has 0 aliphatic carbocycles. The maximum Gasteiger partial charge on any atom is 0.408 e. The molecule has 5 aromatic carbocycles. The standard InChI is InChI=1S/C48H51NO10/c1-2-28-53-46(50)41(49-48(51)58-33-40-26-16-7-17-27-40)34-57-47-45(56-32-39-24-14-6-15-25-39)44(55-31-38-22-12-5-13-23-38)43(54-30-37-20-10-4-11-21-37)42(59-47)35-52-29-36-18-8-3-9-19-36/h2-27,41-45,47H,1,28-35H2,(H,49,51)/t41-,42+,43-,44-,45+,47-/m0/s1. The van der Waals surface area contributed by atoms with Gasteiger partial charge >= 0.3 is 12.1 Å². The molecule has 0 aromatic heterocycles. The molecule has 59 heavy (non-hydrogen) atoms. The number of ether oxygens (including phenoxy) is 8. The van der Waals surface area contributed by atoms with Crippen LogP contribution < -0.4 is 5.32 Å². The van der Waals surface area contributed by atoms with Crippen LogP contribution in [0.15, 0.2) is 164 Å². The maximum atomic E-state index is 13.4. The Morgan fingerprint density at radius 2 is 1.00 bits per heavy atom.